The van der Waals surface area contributed by atoms with E-state index in [-0.39, 0.29) is 5.41 Å². The fourth-order valence-electron chi connectivity index (χ4n) is 3.68. The Labute approximate surface area is 126 Å². The molecule has 3 rings (SSSR count). The van der Waals surface area contributed by atoms with Crippen LogP contribution in [0.25, 0.3) is 0 Å². The zero-order chi connectivity index (χ0) is 14.2. The standard InChI is InChI=1S/C17H24ClNO/c1-20-15-10-13(9-14(18)16(15)12-5-6-12)17(11-19)7-3-2-4-8-17/h9-10,12H,2-8,11,19H2,1H3. The largest absolute Gasteiger partial charge is 0.496 e. The Morgan fingerprint density at radius 2 is 1.95 bits per heavy atom. The topological polar surface area (TPSA) is 35.2 Å². The van der Waals surface area contributed by atoms with Gasteiger partial charge in [0.15, 0.2) is 0 Å². The third-order valence-corrected chi connectivity index (χ3v) is 5.42. The molecule has 2 saturated carbocycles. The van der Waals surface area contributed by atoms with Gasteiger partial charge in [0.1, 0.15) is 5.75 Å². The van der Waals surface area contributed by atoms with Crippen molar-refractivity contribution >= 4 is 11.6 Å². The number of halogens is 1. The van der Waals surface area contributed by atoms with Crippen molar-refractivity contribution in [1.29, 1.82) is 0 Å². The smallest absolute Gasteiger partial charge is 0.124 e. The molecule has 2 fully saturated rings. The summed E-state index contributed by atoms with van der Waals surface area (Å²) < 4.78 is 5.62. The van der Waals surface area contributed by atoms with Crippen LogP contribution in [0.5, 0.6) is 5.75 Å². The molecule has 0 aromatic heterocycles. The highest BCUT2D eigenvalue weighted by Crippen LogP contribution is 2.50. The van der Waals surface area contributed by atoms with E-state index < -0.39 is 0 Å². The van der Waals surface area contributed by atoms with Gasteiger partial charge in [0.2, 0.25) is 0 Å². The minimum absolute atomic E-state index is 0.108. The Kier molecular flexibility index (Phi) is 3.96. The molecular formula is C17H24ClNO. The van der Waals surface area contributed by atoms with E-state index in [0.29, 0.717) is 12.5 Å². The molecule has 2 aliphatic rings. The van der Waals surface area contributed by atoms with E-state index in [2.05, 4.69) is 12.1 Å². The zero-order valence-electron chi connectivity index (χ0n) is 12.3. The van der Waals surface area contributed by atoms with Crippen LogP contribution in [0.4, 0.5) is 0 Å². The summed E-state index contributed by atoms with van der Waals surface area (Å²) in [6.45, 7) is 0.704. The van der Waals surface area contributed by atoms with E-state index in [9.17, 15) is 0 Å². The fourth-order valence-corrected chi connectivity index (χ4v) is 4.04. The first-order valence-electron chi connectivity index (χ1n) is 7.78. The van der Waals surface area contributed by atoms with Gasteiger partial charge in [0.05, 0.1) is 7.11 Å². The van der Waals surface area contributed by atoms with Crippen LogP contribution < -0.4 is 10.5 Å². The van der Waals surface area contributed by atoms with Crippen molar-refractivity contribution in [2.75, 3.05) is 13.7 Å². The average Bonchev–Trinajstić information content (AvgIpc) is 3.31. The third kappa shape index (κ3) is 2.44. The van der Waals surface area contributed by atoms with Crippen molar-refractivity contribution in [3.8, 4) is 5.75 Å². The summed E-state index contributed by atoms with van der Waals surface area (Å²) in [4.78, 5) is 0. The number of methoxy groups -OCH3 is 1. The molecule has 0 heterocycles. The van der Waals surface area contributed by atoms with Gasteiger partial charge in [-0.2, -0.15) is 0 Å². The van der Waals surface area contributed by atoms with E-state index in [1.165, 1.54) is 56.1 Å². The van der Waals surface area contributed by atoms with Gasteiger partial charge in [0.25, 0.3) is 0 Å². The lowest BCUT2D eigenvalue weighted by atomic mass is 9.69. The second-order valence-electron chi connectivity index (χ2n) is 6.39. The quantitative estimate of drug-likeness (QED) is 0.894. The molecule has 3 heteroatoms. The van der Waals surface area contributed by atoms with Crippen LogP contribution in [0.15, 0.2) is 12.1 Å². The Morgan fingerprint density at radius 1 is 1.25 bits per heavy atom. The Morgan fingerprint density at radius 3 is 2.50 bits per heavy atom. The number of benzene rings is 1. The first kappa shape index (κ1) is 14.2. The van der Waals surface area contributed by atoms with Gasteiger partial charge in [-0.1, -0.05) is 30.9 Å². The summed E-state index contributed by atoms with van der Waals surface area (Å²) >= 11 is 6.57. The molecule has 0 bridgehead atoms. The maximum Gasteiger partial charge on any atom is 0.124 e. The minimum Gasteiger partial charge on any atom is -0.496 e. The van der Waals surface area contributed by atoms with Crippen LogP contribution >= 0.6 is 11.6 Å². The summed E-state index contributed by atoms with van der Waals surface area (Å²) in [6.07, 6.45) is 8.67. The molecule has 1 aromatic carbocycles. The lowest BCUT2D eigenvalue weighted by molar-refractivity contribution is 0.299. The average molecular weight is 294 g/mol. The third-order valence-electron chi connectivity index (χ3n) is 5.11. The minimum atomic E-state index is 0.108. The molecule has 0 unspecified atom stereocenters. The van der Waals surface area contributed by atoms with Crippen LogP contribution in [0.3, 0.4) is 0 Å². The van der Waals surface area contributed by atoms with Crippen LogP contribution in [0.2, 0.25) is 5.02 Å². The summed E-state index contributed by atoms with van der Waals surface area (Å²) in [5, 5.41) is 0.875. The van der Waals surface area contributed by atoms with Crippen molar-refractivity contribution in [3.63, 3.8) is 0 Å². The van der Waals surface area contributed by atoms with Crippen molar-refractivity contribution in [1.82, 2.24) is 0 Å². The van der Waals surface area contributed by atoms with Gasteiger partial charge in [-0.3, -0.25) is 0 Å². The lowest BCUT2D eigenvalue weighted by Gasteiger charge is -2.37. The Hall–Kier alpha value is -0.730. The molecule has 2 N–H and O–H groups in total. The SMILES string of the molecule is COc1cc(C2(CN)CCCCC2)cc(Cl)c1C1CC1. The highest BCUT2D eigenvalue weighted by molar-refractivity contribution is 6.31. The van der Waals surface area contributed by atoms with E-state index >= 15 is 0 Å². The van der Waals surface area contributed by atoms with E-state index in [0.717, 1.165) is 10.8 Å². The molecule has 0 spiro atoms. The van der Waals surface area contributed by atoms with Crippen LogP contribution in [0.1, 0.15) is 62.0 Å². The van der Waals surface area contributed by atoms with Gasteiger partial charge in [-0.15, -0.1) is 0 Å². The van der Waals surface area contributed by atoms with Crippen molar-refractivity contribution < 1.29 is 4.74 Å². The maximum absolute atomic E-state index is 6.57. The number of rotatable bonds is 4. The van der Waals surface area contributed by atoms with E-state index in [4.69, 9.17) is 22.1 Å². The molecule has 1 aromatic rings. The summed E-state index contributed by atoms with van der Waals surface area (Å²) in [5.41, 5.74) is 8.74. The predicted octanol–water partition coefficient (Wildman–Crippen LogP) is 4.39. The predicted molar refractivity (Wildman–Crippen MR) is 83.8 cm³/mol. The molecule has 2 aliphatic carbocycles. The van der Waals surface area contributed by atoms with Crippen LogP contribution in [-0.4, -0.2) is 13.7 Å². The summed E-state index contributed by atoms with van der Waals surface area (Å²) in [5.74, 6) is 1.57. The van der Waals surface area contributed by atoms with Crippen LogP contribution in [0, 0.1) is 0 Å². The molecule has 0 aliphatic heterocycles. The molecule has 0 radical (unpaired) electrons. The highest BCUT2D eigenvalue weighted by atomic mass is 35.5. The molecule has 0 amide bonds. The number of ether oxygens (including phenoxy) is 1. The van der Waals surface area contributed by atoms with Crippen molar-refractivity contribution in [3.05, 3.63) is 28.3 Å². The lowest BCUT2D eigenvalue weighted by Crippen LogP contribution is -2.37. The zero-order valence-corrected chi connectivity index (χ0v) is 13.0. The normalized spacial score (nSPS) is 21.8. The summed E-state index contributed by atoms with van der Waals surface area (Å²) in [6, 6.07) is 4.37. The fraction of sp³-hybridized carbons (Fsp3) is 0.647. The monoisotopic (exact) mass is 293 g/mol. The van der Waals surface area contributed by atoms with Gasteiger partial charge in [-0.25, -0.2) is 0 Å². The highest BCUT2D eigenvalue weighted by Gasteiger charge is 2.35. The van der Waals surface area contributed by atoms with E-state index in [1.807, 2.05) is 0 Å². The first-order chi connectivity index (χ1) is 9.70. The first-order valence-corrected chi connectivity index (χ1v) is 8.16. The van der Waals surface area contributed by atoms with Gasteiger partial charge >= 0.3 is 0 Å². The second kappa shape index (κ2) is 5.57. The molecule has 0 atom stereocenters. The maximum atomic E-state index is 6.57. The molecule has 110 valence electrons. The number of nitrogens with two attached hydrogens (primary N) is 1. The summed E-state index contributed by atoms with van der Waals surface area (Å²) in [7, 11) is 1.75. The van der Waals surface area contributed by atoms with Gasteiger partial charge in [0, 0.05) is 22.5 Å². The van der Waals surface area contributed by atoms with Crippen molar-refractivity contribution in [2.45, 2.75) is 56.3 Å². The van der Waals surface area contributed by atoms with Crippen LogP contribution in [-0.2, 0) is 5.41 Å². The molecular weight excluding hydrogens is 270 g/mol. The number of hydrogen-bond donors (Lipinski definition) is 1. The van der Waals surface area contributed by atoms with Gasteiger partial charge < -0.3 is 10.5 Å². The Bertz CT molecular complexity index is 490. The Balaban J connectivity index is 2.02. The van der Waals surface area contributed by atoms with Gasteiger partial charge in [-0.05, 0) is 49.3 Å². The van der Waals surface area contributed by atoms with E-state index in [1.54, 1.807) is 7.11 Å². The van der Waals surface area contributed by atoms with Crippen molar-refractivity contribution in [2.24, 2.45) is 5.73 Å². The number of hydrogen-bond acceptors (Lipinski definition) is 2. The molecule has 2 nitrogen and oxygen atoms in total. The molecule has 0 saturated heterocycles. The second-order valence-corrected chi connectivity index (χ2v) is 6.80. The molecule has 20 heavy (non-hydrogen) atoms.